The van der Waals surface area contributed by atoms with Crippen LogP contribution in [0.15, 0.2) is 36.5 Å². The standard InChI is InChI=1S/C24H25ClF3N3O2/c25-17-2-1-15-12-19(13-16(15)11-17)30-18-3-4-20(29-14-18)21(24(26,27)28)31-8-5-23(22(31)32)6-9-33-10-7-23/h1-4,11,14,19,21,30H,5-10,12-13H2. The zero-order valence-corrected chi connectivity index (χ0v) is 18.8. The van der Waals surface area contributed by atoms with Gasteiger partial charge in [-0.05, 0) is 67.5 Å². The van der Waals surface area contributed by atoms with Gasteiger partial charge in [0.15, 0.2) is 6.04 Å². The summed E-state index contributed by atoms with van der Waals surface area (Å²) in [6.07, 6.45) is -0.218. The lowest BCUT2D eigenvalue weighted by atomic mass is 9.79. The van der Waals surface area contributed by atoms with Crippen LogP contribution in [-0.2, 0) is 22.4 Å². The fourth-order valence-corrected chi connectivity index (χ4v) is 5.60. The summed E-state index contributed by atoms with van der Waals surface area (Å²) in [7, 11) is 0. The number of benzene rings is 1. The minimum absolute atomic E-state index is 0.0770. The maximum Gasteiger partial charge on any atom is 0.414 e. The second kappa shape index (κ2) is 8.47. The summed E-state index contributed by atoms with van der Waals surface area (Å²) in [5.74, 6) is -0.431. The third kappa shape index (κ3) is 4.30. The van der Waals surface area contributed by atoms with Crippen molar-refractivity contribution >= 4 is 23.2 Å². The van der Waals surface area contributed by atoms with Crippen molar-refractivity contribution < 1.29 is 22.7 Å². The van der Waals surface area contributed by atoms with E-state index in [9.17, 15) is 18.0 Å². The van der Waals surface area contributed by atoms with Gasteiger partial charge in [-0.25, -0.2) is 0 Å². The molecule has 2 atom stereocenters. The Hall–Kier alpha value is -2.32. The number of alkyl halides is 3. The lowest BCUT2D eigenvalue weighted by Gasteiger charge is -2.34. The van der Waals surface area contributed by atoms with E-state index < -0.39 is 23.5 Å². The second-order valence-corrected chi connectivity index (χ2v) is 9.66. The highest BCUT2D eigenvalue weighted by Gasteiger charge is 2.55. The Labute approximate surface area is 195 Å². The van der Waals surface area contributed by atoms with Crippen LogP contribution in [0.4, 0.5) is 18.9 Å². The van der Waals surface area contributed by atoms with Crippen LogP contribution in [0.25, 0.3) is 0 Å². The highest BCUT2D eigenvalue weighted by molar-refractivity contribution is 6.30. The number of pyridine rings is 1. The largest absolute Gasteiger partial charge is 0.414 e. The molecule has 176 valence electrons. The third-order valence-corrected chi connectivity index (χ3v) is 7.39. The molecular weight excluding hydrogens is 455 g/mol. The predicted molar refractivity (Wildman–Crippen MR) is 118 cm³/mol. The summed E-state index contributed by atoms with van der Waals surface area (Å²) >= 11 is 6.07. The number of likely N-dealkylation sites (tertiary alicyclic amines) is 1. The van der Waals surface area contributed by atoms with E-state index in [0.29, 0.717) is 43.2 Å². The van der Waals surface area contributed by atoms with Crippen molar-refractivity contribution in [2.75, 3.05) is 25.1 Å². The Balaban J connectivity index is 1.31. The van der Waals surface area contributed by atoms with Gasteiger partial charge in [0.2, 0.25) is 5.91 Å². The Morgan fingerprint density at radius 2 is 1.88 bits per heavy atom. The summed E-state index contributed by atoms with van der Waals surface area (Å²) in [5.41, 5.74) is 2.15. The number of halogens is 4. The van der Waals surface area contributed by atoms with Gasteiger partial charge in [0.05, 0.1) is 23.0 Å². The van der Waals surface area contributed by atoms with Crippen molar-refractivity contribution in [1.82, 2.24) is 9.88 Å². The summed E-state index contributed by atoms with van der Waals surface area (Å²) in [4.78, 5) is 18.2. The molecule has 2 fully saturated rings. The smallest absolute Gasteiger partial charge is 0.381 e. The first-order valence-corrected chi connectivity index (χ1v) is 11.6. The molecule has 3 aliphatic rings. The number of carbonyl (C=O) groups excluding carboxylic acids is 1. The van der Waals surface area contributed by atoms with E-state index >= 15 is 0 Å². The number of hydrogen-bond donors (Lipinski definition) is 1. The zero-order valence-electron chi connectivity index (χ0n) is 18.0. The number of fused-ring (bicyclic) bond motifs is 1. The van der Waals surface area contributed by atoms with Crippen molar-refractivity contribution in [3.8, 4) is 0 Å². The molecular formula is C24H25ClF3N3O2. The van der Waals surface area contributed by atoms with Crippen molar-refractivity contribution in [1.29, 1.82) is 0 Å². The van der Waals surface area contributed by atoms with Crippen molar-refractivity contribution in [3.05, 3.63) is 58.4 Å². The van der Waals surface area contributed by atoms with Crippen LogP contribution in [0.1, 0.15) is 42.1 Å². The molecule has 2 aliphatic heterocycles. The number of nitrogens with zero attached hydrogens (tertiary/aromatic N) is 2. The van der Waals surface area contributed by atoms with E-state index in [0.717, 1.165) is 17.7 Å². The van der Waals surface area contributed by atoms with Crippen LogP contribution in [0.3, 0.4) is 0 Å². The molecule has 1 spiro atoms. The molecule has 9 heteroatoms. The van der Waals surface area contributed by atoms with Crippen molar-refractivity contribution in [3.63, 3.8) is 0 Å². The Morgan fingerprint density at radius 3 is 2.58 bits per heavy atom. The lowest BCUT2D eigenvalue weighted by Crippen LogP contribution is -2.44. The topological polar surface area (TPSA) is 54.5 Å². The minimum Gasteiger partial charge on any atom is -0.381 e. The maximum absolute atomic E-state index is 14.1. The molecule has 1 aliphatic carbocycles. The summed E-state index contributed by atoms with van der Waals surface area (Å²) in [5, 5.41) is 4.05. The number of hydrogen-bond acceptors (Lipinski definition) is 4. The molecule has 3 heterocycles. The third-order valence-electron chi connectivity index (χ3n) is 7.16. The highest BCUT2D eigenvalue weighted by Crippen LogP contribution is 2.47. The van der Waals surface area contributed by atoms with Gasteiger partial charge >= 0.3 is 6.18 Å². The molecule has 2 saturated heterocycles. The fourth-order valence-electron chi connectivity index (χ4n) is 5.40. The molecule has 0 radical (unpaired) electrons. The Morgan fingerprint density at radius 1 is 1.12 bits per heavy atom. The number of amides is 1. The highest BCUT2D eigenvalue weighted by atomic mass is 35.5. The number of aromatic nitrogens is 1. The monoisotopic (exact) mass is 479 g/mol. The first-order chi connectivity index (χ1) is 15.7. The van der Waals surface area contributed by atoms with Crippen LogP contribution < -0.4 is 5.32 Å². The van der Waals surface area contributed by atoms with Gasteiger partial charge < -0.3 is 15.0 Å². The molecule has 2 unspecified atom stereocenters. The summed E-state index contributed by atoms with van der Waals surface area (Å²) in [6, 6.07) is 6.89. The van der Waals surface area contributed by atoms with Crippen molar-refractivity contribution in [2.24, 2.45) is 5.41 Å². The van der Waals surface area contributed by atoms with E-state index in [-0.39, 0.29) is 18.3 Å². The molecule has 1 aromatic heterocycles. The molecule has 2 aromatic rings. The quantitative estimate of drug-likeness (QED) is 0.674. The van der Waals surface area contributed by atoms with E-state index in [1.165, 1.54) is 23.4 Å². The molecule has 5 rings (SSSR count). The van der Waals surface area contributed by atoms with Gasteiger partial charge in [-0.2, -0.15) is 13.2 Å². The van der Waals surface area contributed by atoms with E-state index in [1.807, 2.05) is 18.2 Å². The van der Waals surface area contributed by atoms with Crippen LogP contribution in [0, 0.1) is 5.41 Å². The first kappa shape index (κ1) is 22.5. The van der Waals surface area contributed by atoms with Gasteiger partial charge in [0, 0.05) is 30.8 Å². The van der Waals surface area contributed by atoms with Crippen molar-refractivity contribution in [2.45, 2.75) is 50.4 Å². The Kier molecular flexibility index (Phi) is 5.77. The number of nitrogens with one attached hydrogen (secondary N) is 1. The van der Waals surface area contributed by atoms with Crippen LogP contribution in [0.2, 0.25) is 5.02 Å². The van der Waals surface area contributed by atoms with Crippen LogP contribution in [0.5, 0.6) is 0 Å². The zero-order chi connectivity index (χ0) is 23.2. The molecule has 0 bridgehead atoms. The normalized spacial score (nSPS) is 23.1. The minimum atomic E-state index is -4.61. The Bertz CT molecular complexity index is 1040. The van der Waals surface area contributed by atoms with E-state index in [4.69, 9.17) is 16.3 Å². The lowest BCUT2D eigenvalue weighted by molar-refractivity contribution is -0.192. The molecule has 1 amide bonds. The molecule has 1 aromatic carbocycles. The van der Waals surface area contributed by atoms with Gasteiger partial charge in [0.25, 0.3) is 0 Å². The average Bonchev–Trinajstić information content (AvgIpc) is 3.30. The van der Waals surface area contributed by atoms with Gasteiger partial charge in [-0.3, -0.25) is 9.78 Å². The maximum atomic E-state index is 14.1. The fraction of sp³-hybridized carbons (Fsp3) is 0.500. The summed E-state index contributed by atoms with van der Waals surface area (Å²) < 4.78 is 47.7. The predicted octanol–water partition coefficient (Wildman–Crippen LogP) is 4.95. The average molecular weight is 480 g/mol. The van der Waals surface area contributed by atoms with Crippen LogP contribution in [-0.4, -0.2) is 47.8 Å². The number of ether oxygens (including phenoxy) is 1. The van der Waals surface area contributed by atoms with E-state index in [1.54, 1.807) is 6.07 Å². The van der Waals surface area contributed by atoms with Gasteiger partial charge in [0.1, 0.15) is 0 Å². The second-order valence-electron chi connectivity index (χ2n) is 9.22. The summed E-state index contributed by atoms with van der Waals surface area (Å²) in [6.45, 7) is 0.895. The SMILES string of the molecule is O=C1N(C(c2ccc(NC3Cc4ccc(Cl)cc4C3)cn2)C(F)(F)F)CCC12CCOCC2. The molecule has 33 heavy (non-hydrogen) atoms. The number of anilines is 1. The molecule has 5 nitrogen and oxygen atoms in total. The molecule has 1 N–H and O–H groups in total. The van der Waals surface area contributed by atoms with Gasteiger partial charge in [-0.15, -0.1) is 0 Å². The number of rotatable bonds is 4. The van der Waals surface area contributed by atoms with Crippen LogP contribution >= 0.6 is 11.6 Å². The van der Waals surface area contributed by atoms with Gasteiger partial charge in [-0.1, -0.05) is 17.7 Å². The van der Waals surface area contributed by atoms with E-state index in [2.05, 4.69) is 10.3 Å². The first-order valence-electron chi connectivity index (χ1n) is 11.2. The molecule has 0 saturated carbocycles. The number of carbonyl (C=O) groups is 1.